The lowest BCUT2D eigenvalue weighted by Gasteiger charge is -2.15. The standard InChI is InChI=1S/C16H15BrClNO2/c1-11(21-15-7-5-13(17)6-8-15)16(20)19-10-12-3-2-4-14(18)9-12/h2-9,11H,10H2,1H3,(H,19,20). The minimum absolute atomic E-state index is 0.169. The van der Waals surface area contributed by atoms with E-state index in [0.717, 1.165) is 10.0 Å². The number of hydrogen-bond donors (Lipinski definition) is 1. The average molecular weight is 369 g/mol. The topological polar surface area (TPSA) is 38.3 Å². The molecule has 0 saturated carbocycles. The van der Waals surface area contributed by atoms with Crippen molar-refractivity contribution in [2.45, 2.75) is 19.6 Å². The molecular weight excluding hydrogens is 354 g/mol. The van der Waals surface area contributed by atoms with E-state index < -0.39 is 6.10 Å². The van der Waals surface area contributed by atoms with Crippen molar-refractivity contribution in [1.29, 1.82) is 0 Å². The Hall–Kier alpha value is -1.52. The van der Waals surface area contributed by atoms with E-state index in [-0.39, 0.29) is 5.91 Å². The Labute approximate surface area is 137 Å². The third-order valence-electron chi connectivity index (χ3n) is 2.85. The summed E-state index contributed by atoms with van der Waals surface area (Å²) >= 11 is 9.25. The molecule has 110 valence electrons. The van der Waals surface area contributed by atoms with Gasteiger partial charge in [-0.15, -0.1) is 0 Å². The van der Waals surface area contributed by atoms with Gasteiger partial charge in [0.1, 0.15) is 5.75 Å². The second kappa shape index (κ2) is 7.48. The summed E-state index contributed by atoms with van der Waals surface area (Å²) in [7, 11) is 0. The number of rotatable bonds is 5. The molecule has 1 unspecified atom stereocenters. The molecule has 2 aromatic carbocycles. The van der Waals surface area contributed by atoms with Gasteiger partial charge in [-0.1, -0.05) is 39.7 Å². The monoisotopic (exact) mass is 367 g/mol. The molecule has 2 aromatic rings. The summed E-state index contributed by atoms with van der Waals surface area (Å²) in [4.78, 5) is 12.0. The number of amides is 1. The summed E-state index contributed by atoms with van der Waals surface area (Å²) in [5.74, 6) is 0.487. The summed E-state index contributed by atoms with van der Waals surface area (Å²) < 4.78 is 6.55. The van der Waals surface area contributed by atoms with Gasteiger partial charge in [-0.3, -0.25) is 4.79 Å². The van der Waals surface area contributed by atoms with E-state index in [1.807, 2.05) is 42.5 Å². The third-order valence-corrected chi connectivity index (χ3v) is 3.62. The molecule has 0 aliphatic heterocycles. The average Bonchev–Trinajstić information content (AvgIpc) is 2.47. The van der Waals surface area contributed by atoms with Crippen LogP contribution in [0.3, 0.4) is 0 Å². The molecule has 3 nitrogen and oxygen atoms in total. The minimum Gasteiger partial charge on any atom is -0.481 e. The predicted molar refractivity (Wildman–Crippen MR) is 87.5 cm³/mol. The van der Waals surface area contributed by atoms with E-state index in [0.29, 0.717) is 17.3 Å². The fourth-order valence-electron chi connectivity index (χ4n) is 1.75. The van der Waals surface area contributed by atoms with Crippen LogP contribution >= 0.6 is 27.5 Å². The van der Waals surface area contributed by atoms with Gasteiger partial charge in [0.2, 0.25) is 0 Å². The number of hydrogen-bond acceptors (Lipinski definition) is 2. The van der Waals surface area contributed by atoms with Crippen molar-refractivity contribution < 1.29 is 9.53 Å². The summed E-state index contributed by atoms with van der Waals surface area (Å²) in [5.41, 5.74) is 0.951. The van der Waals surface area contributed by atoms with Crippen molar-refractivity contribution in [2.24, 2.45) is 0 Å². The second-order valence-corrected chi connectivity index (χ2v) is 5.91. The lowest BCUT2D eigenvalue weighted by molar-refractivity contribution is -0.127. The van der Waals surface area contributed by atoms with Crippen molar-refractivity contribution in [3.8, 4) is 5.75 Å². The maximum absolute atomic E-state index is 12.0. The van der Waals surface area contributed by atoms with Crippen LogP contribution in [0.25, 0.3) is 0 Å². The molecule has 0 aromatic heterocycles. The van der Waals surface area contributed by atoms with Gasteiger partial charge in [0.15, 0.2) is 6.10 Å². The Morgan fingerprint density at radius 3 is 2.67 bits per heavy atom. The third kappa shape index (κ3) is 5.06. The van der Waals surface area contributed by atoms with E-state index in [9.17, 15) is 4.79 Å². The molecule has 2 rings (SSSR count). The SMILES string of the molecule is CC(Oc1ccc(Br)cc1)C(=O)NCc1cccc(Cl)c1. The Morgan fingerprint density at radius 1 is 1.29 bits per heavy atom. The molecule has 0 bridgehead atoms. The van der Waals surface area contributed by atoms with Crippen molar-refractivity contribution >= 4 is 33.4 Å². The zero-order valence-corrected chi connectivity index (χ0v) is 13.8. The molecule has 1 atom stereocenters. The lowest BCUT2D eigenvalue weighted by Crippen LogP contribution is -2.35. The van der Waals surface area contributed by atoms with Gasteiger partial charge in [-0.05, 0) is 48.9 Å². The van der Waals surface area contributed by atoms with E-state index in [1.54, 1.807) is 13.0 Å². The Balaban J connectivity index is 1.86. The summed E-state index contributed by atoms with van der Waals surface area (Å²) in [6.45, 7) is 2.14. The molecule has 1 amide bonds. The highest BCUT2D eigenvalue weighted by molar-refractivity contribution is 9.10. The number of carbonyl (C=O) groups excluding carboxylic acids is 1. The highest BCUT2D eigenvalue weighted by Crippen LogP contribution is 2.17. The van der Waals surface area contributed by atoms with Crippen molar-refractivity contribution in [3.63, 3.8) is 0 Å². The summed E-state index contributed by atoms with van der Waals surface area (Å²) in [5, 5.41) is 3.48. The van der Waals surface area contributed by atoms with Crippen LogP contribution in [0.5, 0.6) is 5.75 Å². The van der Waals surface area contributed by atoms with Crippen LogP contribution in [0.4, 0.5) is 0 Å². The Morgan fingerprint density at radius 2 is 2.00 bits per heavy atom. The quantitative estimate of drug-likeness (QED) is 0.859. The van der Waals surface area contributed by atoms with Crippen molar-refractivity contribution in [3.05, 3.63) is 63.6 Å². The first-order valence-electron chi connectivity index (χ1n) is 6.49. The fraction of sp³-hybridized carbons (Fsp3) is 0.188. The molecule has 0 fully saturated rings. The Kier molecular flexibility index (Phi) is 5.65. The van der Waals surface area contributed by atoms with E-state index >= 15 is 0 Å². The van der Waals surface area contributed by atoms with Crippen LogP contribution in [-0.4, -0.2) is 12.0 Å². The molecule has 5 heteroatoms. The van der Waals surface area contributed by atoms with Gasteiger partial charge in [0.05, 0.1) is 0 Å². The molecule has 0 spiro atoms. The maximum atomic E-state index is 12.0. The molecule has 21 heavy (non-hydrogen) atoms. The van der Waals surface area contributed by atoms with Gasteiger partial charge in [-0.2, -0.15) is 0 Å². The van der Waals surface area contributed by atoms with Gasteiger partial charge in [-0.25, -0.2) is 0 Å². The van der Waals surface area contributed by atoms with Crippen molar-refractivity contribution in [1.82, 2.24) is 5.32 Å². The normalized spacial score (nSPS) is 11.8. The molecule has 0 radical (unpaired) electrons. The number of ether oxygens (including phenoxy) is 1. The Bertz CT molecular complexity index is 616. The van der Waals surface area contributed by atoms with Crippen LogP contribution in [-0.2, 0) is 11.3 Å². The molecule has 0 aliphatic carbocycles. The molecule has 1 N–H and O–H groups in total. The van der Waals surface area contributed by atoms with Crippen LogP contribution in [0.15, 0.2) is 53.0 Å². The summed E-state index contributed by atoms with van der Waals surface area (Å²) in [6.07, 6.45) is -0.564. The van der Waals surface area contributed by atoms with Crippen LogP contribution in [0, 0.1) is 0 Å². The molecule has 0 saturated heterocycles. The maximum Gasteiger partial charge on any atom is 0.261 e. The molecular formula is C16H15BrClNO2. The minimum atomic E-state index is -0.564. The van der Waals surface area contributed by atoms with Gasteiger partial charge >= 0.3 is 0 Å². The van der Waals surface area contributed by atoms with E-state index in [2.05, 4.69) is 21.2 Å². The van der Waals surface area contributed by atoms with Crippen molar-refractivity contribution in [2.75, 3.05) is 0 Å². The first kappa shape index (κ1) is 15.9. The zero-order valence-electron chi connectivity index (χ0n) is 11.5. The number of benzene rings is 2. The predicted octanol–water partition coefficient (Wildman–Crippen LogP) is 4.19. The molecule has 0 aliphatic rings. The fourth-order valence-corrected chi connectivity index (χ4v) is 2.23. The smallest absolute Gasteiger partial charge is 0.261 e. The van der Waals surface area contributed by atoms with Gasteiger partial charge in [0.25, 0.3) is 5.91 Å². The van der Waals surface area contributed by atoms with Gasteiger partial charge in [0, 0.05) is 16.0 Å². The second-order valence-electron chi connectivity index (χ2n) is 4.56. The highest BCUT2D eigenvalue weighted by Gasteiger charge is 2.14. The lowest BCUT2D eigenvalue weighted by atomic mass is 10.2. The largest absolute Gasteiger partial charge is 0.481 e. The van der Waals surface area contributed by atoms with Crippen LogP contribution < -0.4 is 10.1 Å². The van der Waals surface area contributed by atoms with Crippen LogP contribution in [0.2, 0.25) is 5.02 Å². The van der Waals surface area contributed by atoms with E-state index in [1.165, 1.54) is 0 Å². The zero-order chi connectivity index (χ0) is 15.2. The van der Waals surface area contributed by atoms with Gasteiger partial charge < -0.3 is 10.1 Å². The van der Waals surface area contributed by atoms with Crippen LogP contribution in [0.1, 0.15) is 12.5 Å². The first-order valence-corrected chi connectivity index (χ1v) is 7.66. The van der Waals surface area contributed by atoms with E-state index in [4.69, 9.17) is 16.3 Å². The summed E-state index contributed by atoms with van der Waals surface area (Å²) in [6, 6.07) is 14.7. The number of halogens is 2. The highest BCUT2D eigenvalue weighted by atomic mass is 79.9. The number of nitrogens with one attached hydrogen (secondary N) is 1. The number of carbonyl (C=O) groups is 1. The molecule has 0 heterocycles. The first-order chi connectivity index (χ1) is 10.0.